The number of terminal acetylenes is 1. The van der Waals surface area contributed by atoms with Gasteiger partial charge in [0.15, 0.2) is 0 Å². The summed E-state index contributed by atoms with van der Waals surface area (Å²) in [7, 11) is 0. The number of rotatable bonds is 4. The van der Waals surface area contributed by atoms with E-state index in [-0.39, 0.29) is 18.9 Å². The van der Waals surface area contributed by atoms with Gasteiger partial charge in [-0.25, -0.2) is 0 Å². The molecule has 1 amide bonds. The average molecular weight is 184 g/mol. The molecule has 0 aliphatic heterocycles. The molecule has 0 rings (SSSR count). The first-order valence-electron chi connectivity index (χ1n) is 4.05. The van der Waals surface area contributed by atoms with Gasteiger partial charge in [-0.2, -0.15) is 0 Å². The van der Waals surface area contributed by atoms with E-state index in [1.807, 2.05) is 0 Å². The molecule has 4 N–H and O–H groups in total. The van der Waals surface area contributed by atoms with Gasteiger partial charge in [-0.15, -0.1) is 12.3 Å². The zero-order chi connectivity index (χ0) is 10.5. The van der Waals surface area contributed by atoms with E-state index in [1.165, 1.54) is 0 Å². The minimum Gasteiger partial charge on any atom is -0.394 e. The van der Waals surface area contributed by atoms with Crippen LogP contribution in [0.25, 0.3) is 0 Å². The molecule has 0 saturated heterocycles. The van der Waals surface area contributed by atoms with Crippen LogP contribution in [0, 0.1) is 12.3 Å². The second kappa shape index (κ2) is 4.85. The van der Waals surface area contributed by atoms with E-state index in [9.17, 15) is 4.79 Å². The number of nitrogens with two attached hydrogens (primary N) is 1. The lowest BCUT2D eigenvalue weighted by Crippen LogP contribution is -2.52. The van der Waals surface area contributed by atoms with Gasteiger partial charge in [-0.05, 0) is 13.8 Å². The highest BCUT2D eigenvalue weighted by Crippen LogP contribution is 2.00. The minimum absolute atomic E-state index is 0.137. The Morgan fingerprint density at radius 3 is 2.69 bits per heavy atom. The molecule has 0 aliphatic rings. The third-order valence-electron chi connectivity index (χ3n) is 1.53. The maximum absolute atomic E-state index is 11.3. The van der Waals surface area contributed by atoms with Gasteiger partial charge in [0.2, 0.25) is 5.91 Å². The molecule has 0 heterocycles. The van der Waals surface area contributed by atoms with Crippen LogP contribution in [0.3, 0.4) is 0 Å². The van der Waals surface area contributed by atoms with Crippen molar-refractivity contribution in [3.63, 3.8) is 0 Å². The van der Waals surface area contributed by atoms with Gasteiger partial charge in [-0.1, -0.05) is 0 Å². The van der Waals surface area contributed by atoms with E-state index in [2.05, 4.69) is 11.2 Å². The van der Waals surface area contributed by atoms with Gasteiger partial charge in [0.05, 0.1) is 18.2 Å². The fourth-order valence-electron chi connectivity index (χ4n) is 0.685. The summed E-state index contributed by atoms with van der Waals surface area (Å²) in [4.78, 5) is 11.3. The topological polar surface area (TPSA) is 75.4 Å². The predicted molar refractivity (Wildman–Crippen MR) is 50.7 cm³/mol. The lowest BCUT2D eigenvalue weighted by Gasteiger charge is -2.24. The Morgan fingerprint density at radius 2 is 2.31 bits per heavy atom. The van der Waals surface area contributed by atoms with Gasteiger partial charge in [-0.3, -0.25) is 4.79 Å². The molecular weight excluding hydrogens is 168 g/mol. The van der Waals surface area contributed by atoms with Crippen molar-refractivity contribution in [1.82, 2.24) is 5.32 Å². The molecule has 74 valence electrons. The number of amides is 1. The average Bonchev–Trinajstić information content (AvgIpc) is 2.04. The maximum Gasteiger partial charge on any atom is 0.238 e. The molecule has 0 aromatic heterocycles. The highest BCUT2D eigenvalue weighted by atomic mass is 16.3. The molecular formula is C9H16N2O2. The SMILES string of the molecule is C#CCC(N)C(=O)NC(C)(C)CO. The van der Waals surface area contributed by atoms with E-state index in [4.69, 9.17) is 17.3 Å². The number of hydrogen-bond acceptors (Lipinski definition) is 3. The third kappa shape index (κ3) is 4.51. The highest BCUT2D eigenvalue weighted by molar-refractivity contribution is 5.82. The second-order valence-corrected chi connectivity index (χ2v) is 3.55. The van der Waals surface area contributed by atoms with Crippen LogP contribution in [-0.4, -0.2) is 29.2 Å². The lowest BCUT2D eigenvalue weighted by atomic mass is 10.1. The van der Waals surface area contributed by atoms with Crippen LogP contribution in [0.5, 0.6) is 0 Å². The molecule has 0 fully saturated rings. The zero-order valence-electron chi connectivity index (χ0n) is 8.00. The van der Waals surface area contributed by atoms with Crippen LogP contribution in [0.4, 0.5) is 0 Å². The molecule has 4 heteroatoms. The molecule has 0 radical (unpaired) electrons. The number of aliphatic hydroxyl groups excluding tert-OH is 1. The number of carbonyl (C=O) groups excluding carboxylic acids is 1. The second-order valence-electron chi connectivity index (χ2n) is 3.55. The molecule has 0 aliphatic carbocycles. The monoisotopic (exact) mass is 184 g/mol. The van der Waals surface area contributed by atoms with Crippen molar-refractivity contribution in [2.75, 3.05) is 6.61 Å². The number of aliphatic hydroxyl groups is 1. The normalized spacial score (nSPS) is 13.2. The van der Waals surface area contributed by atoms with Crippen LogP contribution in [0.1, 0.15) is 20.3 Å². The van der Waals surface area contributed by atoms with Crippen LogP contribution in [0.2, 0.25) is 0 Å². The summed E-state index contributed by atoms with van der Waals surface area (Å²) in [6, 6.07) is -0.698. The Hall–Kier alpha value is -1.05. The number of nitrogens with one attached hydrogen (secondary N) is 1. The van der Waals surface area contributed by atoms with Crippen molar-refractivity contribution in [2.24, 2.45) is 5.73 Å². The summed E-state index contributed by atoms with van der Waals surface area (Å²) in [5, 5.41) is 11.4. The van der Waals surface area contributed by atoms with E-state index in [0.717, 1.165) is 0 Å². The fraction of sp³-hybridized carbons (Fsp3) is 0.667. The van der Waals surface area contributed by atoms with Crippen molar-refractivity contribution in [3.8, 4) is 12.3 Å². The molecule has 1 atom stereocenters. The Balaban J connectivity index is 4.08. The first-order valence-corrected chi connectivity index (χ1v) is 4.05. The van der Waals surface area contributed by atoms with Crippen LogP contribution >= 0.6 is 0 Å². The van der Waals surface area contributed by atoms with Crippen molar-refractivity contribution >= 4 is 5.91 Å². The summed E-state index contributed by atoms with van der Waals surface area (Å²) >= 11 is 0. The summed E-state index contributed by atoms with van der Waals surface area (Å²) in [5.74, 6) is 1.97. The molecule has 4 nitrogen and oxygen atoms in total. The quantitative estimate of drug-likeness (QED) is 0.502. The van der Waals surface area contributed by atoms with Crippen molar-refractivity contribution in [1.29, 1.82) is 0 Å². The van der Waals surface area contributed by atoms with Gasteiger partial charge in [0.25, 0.3) is 0 Å². The van der Waals surface area contributed by atoms with E-state index in [0.29, 0.717) is 0 Å². The van der Waals surface area contributed by atoms with Crippen molar-refractivity contribution in [3.05, 3.63) is 0 Å². The lowest BCUT2D eigenvalue weighted by molar-refractivity contribution is -0.124. The molecule has 0 bridgehead atoms. The van der Waals surface area contributed by atoms with Crippen LogP contribution < -0.4 is 11.1 Å². The number of hydrogen-bond donors (Lipinski definition) is 3. The molecule has 13 heavy (non-hydrogen) atoms. The first kappa shape index (κ1) is 11.9. The molecule has 1 unspecified atom stereocenters. The van der Waals surface area contributed by atoms with Crippen molar-refractivity contribution < 1.29 is 9.90 Å². The molecule has 0 aromatic rings. The van der Waals surface area contributed by atoms with E-state index in [1.54, 1.807) is 13.8 Å². The Kier molecular flexibility index (Phi) is 4.46. The smallest absolute Gasteiger partial charge is 0.238 e. The van der Waals surface area contributed by atoms with E-state index >= 15 is 0 Å². The standard InChI is InChI=1S/C9H16N2O2/c1-4-5-7(10)8(13)11-9(2,3)6-12/h1,7,12H,5-6,10H2,2-3H3,(H,11,13). The summed E-state index contributed by atoms with van der Waals surface area (Å²) in [5.41, 5.74) is 4.80. The first-order chi connectivity index (χ1) is 5.93. The van der Waals surface area contributed by atoms with Crippen LogP contribution in [0.15, 0.2) is 0 Å². The Morgan fingerprint density at radius 1 is 1.77 bits per heavy atom. The third-order valence-corrected chi connectivity index (χ3v) is 1.53. The van der Waals surface area contributed by atoms with Crippen LogP contribution in [-0.2, 0) is 4.79 Å². The van der Waals surface area contributed by atoms with E-state index < -0.39 is 11.6 Å². The predicted octanol–water partition coefficient (Wildman–Crippen LogP) is -0.776. The maximum atomic E-state index is 11.3. The Bertz CT molecular complexity index is 218. The summed E-state index contributed by atoms with van der Waals surface area (Å²) in [6.07, 6.45) is 5.21. The number of carbonyl (C=O) groups is 1. The molecule has 0 saturated carbocycles. The van der Waals surface area contributed by atoms with Gasteiger partial charge in [0.1, 0.15) is 0 Å². The highest BCUT2D eigenvalue weighted by Gasteiger charge is 2.22. The van der Waals surface area contributed by atoms with Gasteiger partial charge < -0.3 is 16.2 Å². The Labute approximate surface area is 78.5 Å². The van der Waals surface area contributed by atoms with Crippen molar-refractivity contribution in [2.45, 2.75) is 31.8 Å². The fourth-order valence-corrected chi connectivity index (χ4v) is 0.685. The molecule has 0 spiro atoms. The summed E-state index contributed by atoms with van der Waals surface area (Å²) in [6.45, 7) is 3.27. The summed E-state index contributed by atoms with van der Waals surface area (Å²) < 4.78 is 0. The molecule has 0 aromatic carbocycles. The van der Waals surface area contributed by atoms with Gasteiger partial charge in [0, 0.05) is 6.42 Å². The largest absolute Gasteiger partial charge is 0.394 e. The minimum atomic E-state index is -0.698. The van der Waals surface area contributed by atoms with Gasteiger partial charge >= 0.3 is 0 Å². The zero-order valence-corrected chi connectivity index (χ0v) is 8.00.